The Kier molecular flexibility index (Phi) is 6.46. The molecule has 0 heterocycles. The summed E-state index contributed by atoms with van der Waals surface area (Å²) in [5.41, 5.74) is 1.28. The molecular weight excluding hydrogens is 320 g/mol. The normalized spacial score (nSPS) is 11.4. The first-order valence-corrected chi connectivity index (χ1v) is 7.92. The standard InChI is InChI=1S/C20H20O5/c1-14(21)18(19(22)16-6-4-3-5-7-16)20(23)25-13-12-15-8-10-17(24-2)11-9-15/h3-11,18H,12-13H2,1-2H3. The van der Waals surface area contributed by atoms with E-state index < -0.39 is 23.5 Å². The van der Waals surface area contributed by atoms with Gasteiger partial charge in [0.1, 0.15) is 5.75 Å². The number of carbonyl (C=O) groups is 3. The van der Waals surface area contributed by atoms with Gasteiger partial charge in [0.2, 0.25) is 0 Å². The molecule has 2 rings (SSSR count). The molecular formula is C20H20O5. The lowest BCUT2D eigenvalue weighted by molar-refractivity contribution is -0.149. The van der Waals surface area contributed by atoms with Crippen LogP contribution in [0.5, 0.6) is 5.75 Å². The lowest BCUT2D eigenvalue weighted by Crippen LogP contribution is -2.32. The van der Waals surface area contributed by atoms with Crippen molar-refractivity contribution in [1.29, 1.82) is 0 Å². The van der Waals surface area contributed by atoms with Gasteiger partial charge in [-0.2, -0.15) is 0 Å². The molecule has 5 heteroatoms. The van der Waals surface area contributed by atoms with E-state index in [4.69, 9.17) is 9.47 Å². The van der Waals surface area contributed by atoms with Crippen molar-refractivity contribution in [3.8, 4) is 5.75 Å². The number of rotatable bonds is 8. The first-order valence-electron chi connectivity index (χ1n) is 7.92. The fraction of sp³-hybridized carbons (Fsp3) is 0.250. The van der Waals surface area contributed by atoms with E-state index in [0.717, 1.165) is 11.3 Å². The average Bonchev–Trinajstić information content (AvgIpc) is 2.63. The molecule has 0 bridgehead atoms. The van der Waals surface area contributed by atoms with E-state index in [-0.39, 0.29) is 6.61 Å². The number of ether oxygens (including phenoxy) is 2. The van der Waals surface area contributed by atoms with Crippen molar-refractivity contribution in [2.45, 2.75) is 13.3 Å². The van der Waals surface area contributed by atoms with Crippen LogP contribution in [0, 0.1) is 5.92 Å². The Hall–Kier alpha value is -2.95. The molecule has 0 radical (unpaired) electrons. The van der Waals surface area contributed by atoms with E-state index in [1.54, 1.807) is 37.4 Å². The first-order chi connectivity index (χ1) is 12.0. The molecule has 0 aliphatic rings. The van der Waals surface area contributed by atoms with Crippen LogP contribution in [0.25, 0.3) is 0 Å². The molecule has 130 valence electrons. The second kappa shape index (κ2) is 8.78. The molecule has 0 saturated heterocycles. The van der Waals surface area contributed by atoms with Gasteiger partial charge in [-0.15, -0.1) is 0 Å². The maximum Gasteiger partial charge on any atom is 0.324 e. The van der Waals surface area contributed by atoms with Crippen LogP contribution in [0.4, 0.5) is 0 Å². The summed E-state index contributed by atoms with van der Waals surface area (Å²) in [5, 5.41) is 0. The molecule has 0 saturated carbocycles. The van der Waals surface area contributed by atoms with Crippen LogP contribution in [0.2, 0.25) is 0 Å². The lowest BCUT2D eigenvalue weighted by atomic mass is 9.94. The van der Waals surface area contributed by atoms with Crippen molar-refractivity contribution >= 4 is 17.5 Å². The number of hydrogen-bond donors (Lipinski definition) is 0. The zero-order chi connectivity index (χ0) is 18.2. The van der Waals surface area contributed by atoms with Gasteiger partial charge in [-0.1, -0.05) is 42.5 Å². The smallest absolute Gasteiger partial charge is 0.324 e. The Morgan fingerprint density at radius 2 is 1.60 bits per heavy atom. The van der Waals surface area contributed by atoms with Gasteiger partial charge in [0.15, 0.2) is 17.5 Å². The summed E-state index contributed by atoms with van der Waals surface area (Å²) in [7, 11) is 1.59. The second-order valence-corrected chi connectivity index (χ2v) is 5.54. The Morgan fingerprint density at radius 1 is 0.960 bits per heavy atom. The fourth-order valence-corrected chi connectivity index (χ4v) is 2.37. The third-order valence-corrected chi connectivity index (χ3v) is 3.76. The van der Waals surface area contributed by atoms with Gasteiger partial charge in [-0.3, -0.25) is 14.4 Å². The largest absolute Gasteiger partial charge is 0.497 e. The summed E-state index contributed by atoms with van der Waals surface area (Å²) in [5.74, 6) is -2.55. The highest BCUT2D eigenvalue weighted by molar-refractivity contribution is 6.22. The van der Waals surface area contributed by atoms with Crippen molar-refractivity contribution in [2.24, 2.45) is 5.92 Å². The zero-order valence-corrected chi connectivity index (χ0v) is 14.2. The van der Waals surface area contributed by atoms with E-state index in [2.05, 4.69) is 0 Å². The Bertz CT molecular complexity index is 734. The van der Waals surface area contributed by atoms with Crippen molar-refractivity contribution in [1.82, 2.24) is 0 Å². The molecule has 25 heavy (non-hydrogen) atoms. The maximum absolute atomic E-state index is 12.4. The molecule has 0 aromatic heterocycles. The van der Waals surface area contributed by atoms with E-state index in [0.29, 0.717) is 12.0 Å². The summed E-state index contributed by atoms with van der Waals surface area (Å²) < 4.78 is 10.2. The number of Topliss-reactive ketones (excluding diaryl/α,β-unsaturated/α-hetero) is 2. The lowest BCUT2D eigenvalue weighted by Gasteiger charge is -2.12. The Balaban J connectivity index is 1.96. The minimum atomic E-state index is -1.42. The van der Waals surface area contributed by atoms with Crippen molar-refractivity contribution < 1.29 is 23.9 Å². The van der Waals surface area contributed by atoms with E-state index in [1.165, 1.54) is 6.92 Å². The topological polar surface area (TPSA) is 69.7 Å². The molecule has 0 N–H and O–H groups in total. The zero-order valence-electron chi connectivity index (χ0n) is 14.2. The average molecular weight is 340 g/mol. The monoisotopic (exact) mass is 340 g/mol. The number of esters is 1. The van der Waals surface area contributed by atoms with Gasteiger partial charge >= 0.3 is 5.97 Å². The number of carbonyl (C=O) groups excluding carboxylic acids is 3. The predicted molar refractivity (Wildman–Crippen MR) is 92.6 cm³/mol. The van der Waals surface area contributed by atoms with Crippen LogP contribution in [-0.2, 0) is 20.7 Å². The van der Waals surface area contributed by atoms with Gasteiger partial charge in [0.05, 0.1) is 13.7 Å². The maximum atomic E-state index is 12.4. The van der Waals surface area contributed by atoms with Crippen LogP contribution >= 0.6 is 0 Å². The highest BCUT2D eigenvalue weighted by atomic mass is 16.5. The molecule has 0 fully saturated rings. The molecule has 2 aromatic rings. The molecule has 0 aliphatic heterocycles. The van der Waals surface area contributed by atoms with Gasteiger partial charge in [0, 0.05) is 12.0 Å². The summed E-state index contributed by atoms with van der Waals surface area (Å²) in [6.07, 6.45) is 0.486. The van der Waals surface area contributed by atoms with Gasteiger partial charge in [-0.25, -0.2) is 0 Å². The molecule has 0 spiro atoms. The van der Waals surface area contributed by atoms with Crippen LogP contribution < -0.4 is 4.74 Å². The molecule has 5 nitrogen and oxygen atoms in total. The minimum Gasteiger partial charge on any atom is -0.497 e. The van der Waals surface area contributed by atoms with Crippen LogP contribution in [0.3, 0.4) is 0 Å². The molecule has 2 aromatic carbocycles. The fourth-order valence-electron chi connectivity index (χ4n) is 2.37. The Morgan fingerprint density at radius 3 is 2.16 bits per heavy atom. The summed E-state index contributed by atoms with van der Waals surface area (Å²) in [6.45, 7) is 1.31. The molecule has 0 amide bonds. The van der Waals surface area contributed by atoms with Gasteiger partial charge in [-0.05, 0) is 24.6 Å². The SMILES string of the molecule is COc1ccc(CCOC(=O)C(C(C)=O)C(=O)c2ccccc2)cc1. The second-order valence-electron chi connectivity index (χ2n) is 5.54. The van der Waals surface area contributed by atoms with Crippen molar-refractivity contribution in [3.63, 3.8) is 0 Å². The van der Waals surface area contributed by atoms with Crippen LogP contribution in [0.15, 0.2) is 54.6 Å². The van der Waals surface area contributed by atoms with Crippen molar-refractivity contribution in [2.75, 3.05) is 13.7 Å². The number of hydrogen-bond acceptors (Lipinski definition) is 5. The predicted octanol–water partition coefficient (Wildman–Crippen LogP) is 2.87. The summed E-state index contributed by atoms with van der Waals surface area (Å²) in [6, 6.07) is 15.6. The highest BCUT2D eigenvalue weighted by Gasteiger charge is 2.33. The van der Waals surface area contributed by atoms with Gasteiger partial charge in [0.25, 0.3) is 0 Å². The van der Waals surface area contributed by atoms with Crippen LogP contribution in [0.1, 0.15) is 22.8 Å². The highest BCUT2D eigenvalue weighted by Crippen LogP contribution is 2.14. The number of ketones is 2. The third kappa shape index (κ3) is 5.01. The number of benzene rings is 2. The van der Waals surface area contributed by atoms with E-state index in [1.807, 2.05) is 24.3 Å². The van der Waals surface area contributed by atoms with Crippen LogP contribution in [-0.4, -0.2) is 31.3 Å². The summed E-state index contributed by atoms with van der Waals surface area (Å²) >= 11 is 0. The first kappa shape index (κ1) is 18.4. The van der Waals surface area contributed by atoms with Crippen molar-refractivity contribution in [3.05, 3.63) is 65.7 Å². The Labute approximate surface area is 146 Å². The quantitative estimate of drug-likeness (QED) is 0.420. The van der Waals surface area contributed by atoms with E-state index >= 15 is 0 Å². The van der Waals surface area contributed by atoms with E-state index in [9.17, 15) is 14.4 Å². The molecule has 1 unspecified atom stereocenters. The summed E-state index contributed by atoms with van der Waals surface area (Å²) in [4.78, 5) is 36.4. The minimum absolute atomic E-state index is 0.0943. The molecule has 0 aliphatic carbocycles. The third-order valence-electron chi connectivity index (χ3n) is 3.76. The number of methoxy groups -OCH3 is 1. The molecule has 1 atom stereocenters. The van der Waals surface area contributed by atoms with Gasteiger partial charge < -0.3 is 9.47 Å².